The van der Waals surface area contributed by atoms with Crippen molar-refractivity contribution in [3.05, 3.63) is 64.5 Å². The maximum absolute atomic E-state index is 12.2. The second-order valence-corrected chi connectivity index (χ2v) is 6.83. The molecule has 158 valence electrons. The summed E-state index contributed by atoms with van der Waals surface area (Å²) in [5.74, 6) is 1.12. The Morgan fingerprint density at radius 3 is 2.55 bits per heavy atom. The average Bonchev–Trinajstić information content (AvgIpc) is 3.22. The number of rotatable bonds is 5. The molecule has 8 heteroatoms. The number of benzene rings is 2. The van der Waals surface area contributed by atoms with Crippen LogP contribution >= 0.6 is 0 Å². The lowest BCUT2D eigenvalue weighted by Gasteiger charge is -2.06. The van der Waals surface area contributed by atoms with Crippen LogP contribution in [0.4, 0.5) is 0 Å². The van der Waals surface area contributed by atoms with E-state index in [0.29, 0.717) is 39.8 Å². The first-order valence-electron chi connectivity index (χ1n) is 9.37. The maximum atomic E-state index is 12.2. The van der Waals surface area contributed by atoms with Gasteiger partial charge >= 0.3 is 0 Å². The largest absolute Gasteiger partial charge is 0.504 e. The number of nitrogens with zero attached hydrogens (tertiary/aromatic N) is 1. The first-order valence-corrected chi connectivity index (χ1v) is 9.37. The Balaban J connectivity index is 1.98. The Hall–Kier alpha value is -4.20. The molecule has 0 saturated carbocycles. The molecule has 3 N–H and O–H groups in total. The first kappa shape index (κ1) is 20.1. The number of phenols is 1. The van der Waals surface area contributed by atoms with Crippen LogP contribution < -0.4 is 14.9 Å². The number of nitrogens with one attached hydrogen (secondary N) is 1. The Labute approximate surface area is 177 Å². The topological polar surface area (TPSA) is 118 Å². The van der Waals surface area contributed by atoms with Crippen molar-refractivity contribution >= 4 is 0 Å². The fraction of sp³-hybridized carbons (Fsp3) is 0.130. The van der Waals surface area contributed by atoms with Gasteiger partial charge < -0.3 is 29.1 Å². The van der Waals surface area contributed by atoms with Crippen molar-refractivity contribution in [1.29, 1.82) is 0 Å². The number of aromatic nitrogens is 2. The summed E-state index contributed by atoms with van der Waals surface area (Å²) in [6.07, 6.45) is 0. The Morgan fingerprint density at radius 2 is 1.81 bits per heavy atom. The molecule has 0 spiro atoms. The summed E-state index contributed by atoms with van der Waals surface area (Å²) >= 11 is 0. The molecule has 0 bridgehead atoms. The molecule has 2 aromatic carbocycles. The lowest BCUT2D eigenvalue weighted by Crippen LogP contribution is -2.01. The lowest BCUT2D eigenvalue weighted by molar-refractivity contribution is 0.373. The molecule has 0 amide bonds. The van der Waals surface area contributed by atoms with E-state index in [9.17, 15) is 15.0 Å². The summed E-state index contributed by atoms with van der Waals surface area (Å²) < 4.78 is 16.2. The molecule has 2 aromatic heterocycles. The highest BCUT2D eigenvalue weighted by atomic mass is 16.5. The van der Waals surface area contributed by atoms with Crippen LogP contribution in [0, 0.1) is 6.92 Å². The minimum Gasteiger partial charge on any atom is -0.504 e. The molecule has 2 heterocycles. The van der Waals surface area contributed by atoms with Crippen LogP contribution in [0.3, 0.4) is 0 Å². The molecule has 0 aliphatic rings. The zero-order valence-electron chi connectivity index (χ0n) is 17.1. The Morgan fingerprint density at radius 1 is 1.00 bits per heavy atom. The van der Waals surface area contributed by atoms with Gasteiger partial charge in [-0.05, 0) is 37.3 Å². The summed E-state index contributed by atoms with van der Waals surface area (Å²) in [4.78, 5) is 20.0. The van der Waals surface area contributed by atoms with Crippen molar-refractivity contribution in [2.45, 2.75) is 6.92 Å². The van der Waals surface area contributed by atoms with Gasteiger partial charge in [-0.25, -0.2) is 4.98 Å². The van der Waals surface area contributed by atoms with E-state index in [1.165, 1.54) is 19.2 Å². The third kappa shape index (κ3) is 3.71. The zero-order valence-corrected chi connectivity index (χ0v) is 17.1. The Bertz CT molecular complexity index is 1320. The normalized spacial score (nSPS) is 10.8. The first-order chi connectivity index (χ1) is 14.9. The molecule has 0 aliphatic heterocycles. The number of ether oxygens (including phenoxy) is 2. The predicted octanol–water partition coefficient (Wildman–Crippen LogP) is 4.10. The molecule has 0 radical (unpaired) electrons. The van der Waals surface area contributed by atoms with Crippen molar-refractivity contribution in [1.82, 2.24) is 9.97 Å². The van der Waals surface area contributed by atoms with E-state index in [1.54, 1.807) is 38.3 Å². The number of aryl methyl sites for hydroxylation is 1. The number of aromatic amines is 1. The number of H-pyrrole nitrogens is 1. The van der Waals surface area contributed by atoms with Gasteiger partial charge in [0.2, 0.25) is 11.2 Å². The number of hydrogen-bond acceptors (Lipinski definition) is 7. The molecule has 0 aliphatic carbocycles. The minimum atomic E-state index is -0.558. The van der Waals surface area contributed by atoms with E-state index in [4.69, 9.17) is 13.9 Å². The highest BCUT2D eigenvalue weighted by Crippen LogP contribution is 2.38. The molecular formula is C23H20N2O6. The fourth-order valence-electron chi connectivity index (χ4n) is 3.25. The van der Waals surface area contributed by atoms with Crippen LogP contribution in [0.5, 0.6) is 23.0 Å². The smallest absolute Gasteiger partial charge is 0.227 e. The van der Waals surface area contributed by atoms with Crippen LogP contribution in [0.2, 0.25) is 0 Å². The Kier molecular flexibility index (Phi) is 5.12. The van der Waals surface area contributed by atoms with Crippen molar-refractivity contribution < 1.29 is 24.1 Å². The van der Waals surface area contributed by atoms with E-state index in [-0.39, 0.29) is 17.3 Å². The molecule has 31 heavy (non-hydrogen) atoms. The monoisotopic (exact) mass is 420 g/mol. The number of imidazole rings is 1. The standard InChI is InChI=1S/C23H20N2O6/c1-12-9-17(27)21(28)22(31-12)20-19(13-5-4-6-15(10-13)29-2)24-23(25-20)14-7-8-16(26)18(11-14)30-3/h4-11,26,28H,1-3H3,(H,24,25). The van der Waals surface area contributed by atoms with Crippen molar-refractivity contribution in [2.75, 3.05) is 14.2 Å². The molecule has 8 nitrogen and oxygen atoms in total. The third-order valence-corrected chi connectivity index (χ3v) is 4.77. The van der Waals surface area contributed by atoms with E-state index in [2.05, 4.69) is 9.97 Å². The summed E-state index contributed by atoms with van der Waals surface area (Å²) in [6, 6.07) is 13.2. The van der Waals surface area contributed by atoms with E-state index in [0.717, 1.165) is 0 Å². The molecule has 0 saturated heterocycles. The van der Waals surface area contributed by atoms with E-state index < -0.39 is 11.2 Å². The van der Waals surface area contributed by atoms with Crippen LogP contribution in [0.1, 0.15) is 5.76 Å². The van der Waals surface area contributed by atoms with Gasteiger partial charge in [-0.15, -0.1) is 0 Å². The van der Waals surface area contributed by atoms with Crippen molar-refractivity contribution in [3.63, 3.8) is 0 Å². The summed E-state index contributed by atoms with van der Waals surface area (Å²) in [6.45, 7) is 1.62. The van der Waals surface area contributed by atoms with Gasteiger partial charge in [0.15, 0.2) is 17.3 Å². The van der Waals surface area contributed by atoms with Crippen molar-refractivity contribution in [2.24, 2.45) is 0 Å². The number of methoxy groups -OCH3 is 2. The van der Waals surface area contributed by atoms with Gasteiger partial charge in [0, 0.05) is 17.2 Å². The molecule has 0 fully saturated rings. The van der Waals surface area contributed by atoms with Crippen LogP contribution in [0.25, 0.3) is 34.1 Å². The van der Waals surface area contributed by atoms with Crippen molar-refractivity contribution in [3.8, 4) is 57.1 Å². The molecular weight excluding hydrogens is 400 g/mol. The van der Waals surface area contributed by atoms with E-state index >= 15 is 0 Å². The van der Waals surface area contributed by atoms with Gasteiger partial charge in [0.1, 0.15) is 28.7 Å². The van der Waals surface area contributed by atoms with Gasteiger partial charge in [0.05, 0.1) is 14.2 Å². The van der Waals surface area contributed by atoms with Crippen LogP contribution in [-0.2, 0) is 0 Å². The SMILES string of the molecule is COc1cccc(-c2nc(-c3ccc(O)c(OC)c3)[nH]c2-c2oc(C)cc(=O)c2O)c1. The quantitative estimate of drug-likeness (QED) is 0.445. The van der Waals surface area contributed by atoms with Gasteiger partial charge in [0.25, 0.3) is 0 Å². The van der Waals surface area contributed by atoms with Crippen LogP contribution in [-0.4, -0.2) is 34.4 Å². The van der Waals surface area contributed by atoms with Crippen LogP contribution in [0.15, 0.2) is 57.7 Å². The summed E-state index contributed by atoms with van der Waals surface area (Å²) in [7, 11) is 3.01. The number of aromatic hydroxyl groups is 2. The fourth-order valence-corrected chi connectivity index (χ4v) is 3.25. The van der Waals surface area contributed by atoms with Gasteiger partial charge in [-0.2, -0.15) is 0 Å². The number of phenolic OH excluding ortho intramolecular Hbond substituents is 1. The predicted molar refractivity (Wildman–Crippen MR) is 115 cm³/mol. The highest BCUT2D eigenvalue weighted by molar-refractivity contribution is 5.82. The van der Waals surface area contributed by atoms with Gasteiger partial charge in [-0.1, -0.05) is 12.1 Å². The molecule has 4 aromatic rings. The average molecular weight is 420 g/mol. The second kappa shape index (κ2) is 7.91. The maximum Gasteiger partial charge on any atom is 0.227 e. The third-order valence-electron chi connectivity index (χ3n) is 4.77. The molecule has 0 unspecified atom stereocenters. The minimum absolute atomic E-state index is 0.00614. The second-order valence-electron chi connectivity index (χ2n) is 6.83. The summed E-state index contributed by atoms with van der Waals surface area (Å²) in [5, 5.41) is 20.3. The molecule has 4 rings (SSSR count). The molecule has 0 atom stereocenters. The van der Waals surface area contributed by atoms with Gasteiger partial charge in [-0.3, -0.25) is 4.79 Å². The zero-order chi connectivity index (χ0) is 22.1. The van der Waals surface area contributed by atoms with E-state index in [1.807, 2.05) is 12.1 Å². The highest BCUT2D eigenvalue weighted by Gasteiger charge is 2.22. The number of hydrogen-bond donors (Lipinski definition) is 3. The summed E-state index contributed by atoms with van der Waals surface area (Å²) in [5.41, 5.74) is 1.53. The lowest BCUT2D eigenvalue weighted by atomic mass is 10.1.